The summed E-state index contributed by atoms with van der Waals surface area (Å²) < 4.78 is 35.2. The van der Waals surface area contributed by atoms with Gasteiger partial charge in [0.2, 0.25) is 0 Å². The number of aromatic nitrogens is 3. The van der Waals surface area contributed by atoms with Crippen LogP contribution in [0.25, 0.3) is 10.2 Å². The highest BCUT2D eigenvalue weighted by Gasteiger charge is 2.24. The molecule has 0 N–H and O–H groups in total. The topological polar surface area (TPSA) is 63.5 Å². The molecule has 7 nitrogen and oxygen atoms in total. The molecule has 3 aromatic rings. The third kappa shape index (κ3) is 5.38. The fourth-order valence-electron chi connectivity index (χ4n) is 3.41. The molecule has 0 radical (unpaired) electrons. The van der Waals surface area contributed by atoms with Crippen molar-refractivity contribution in [3.05, 3.63) is 41.7 Å². The van der Waals surface area contributed by atoms with Gasteiger partial charge in [-0.15, -0.1) is 12.4 Å². The summed E-state index contributed by atoms with van der Waals surface area (Å²) in [6, 6.07) is 3.70. The Morgan fingerprint density at radius 3 is 2.77 bits per heavy atom. The van der Waals surface area contributed by atoms with E-state index < -0.39 is 11.6 Å². The number of hydrogen-bond donors (Lipinski definition) is 0. The summed E-state index contributed by atoms with van der Waals surface area (Å²) in [5.41, 5.74) is 0.371. The molecule has 1 aliphatic rings. The summed E-state index contributed by atoms with van der Waals surface area (Å²) in [6.07, 6.45) is 2.46. The minimum atomic E-state index is -0.733. The van der Waals surface area contributed by atoms with Crippen molar-refractivity contribution in [2.24, 2.45) is 0 Å². The zero-order valence-corrected chi connectivity index (χ0v) is 18.7. The number of benzene rings is 1. The lowest BCUT2D eigenvalue weighted by atomic mass is 10.3. The molecule has 1 aromatic carbocycles. The Hall–Kier alpha value is -2.14. The molecule has 3 heterocycles. The summed E-state index contributed by atoms with van der Waals surface area (Å²) >= 11 is 1.10. The quantitative estimate of drug-likeness (QED) is 0.527. The van der Waals surface area contributed by atoms with E-state index in [0.717, 1.165) is 37.0 Å². The van der Waals surface area contributed by atoms with E-state index >= 15 is 0 Å². The van der Waals surface area contributed by atoms with E-state index in [4.69, 9.17) is 4.74 Å². The van der Waals surface area contributed by atoms with Gasteiger partial charge in [0.25, 0.3) is 5.91 Å². The number of rotatable bonds is 7. The summed E-state index contributed by atoms with van der Waals surface area (Å²) in [6.45, 7) is 6.94. The van der Waals surface area contributed by atoms with Crippen LogP contribution in [-0.4, -0.2) is 65.0 Å². The molecular weight excluding hydrogens is 448 g/mol. The maximum Gasteiger partial charge on any atom is 0.280 e. The lowest BCUT2D eigenvalue weighted by Gasteiger charge is -2.27. The molecule has 0 saturated carbocycles. The highest BCUT2D eigenvalue weighted by atomic mass is 35.5. The van der Waals surface area contributed by atoms with Crippen LogP contribution >= 0.6 is 23.7 Å². The van der Waals surface area contributed by atoms with Crippen LogP contribution in [0.4, 0.5) is 13.9 Å². The normalized spacial score (nSPS) is 14.5. The van der Waals surface area contributed by atoms with Crippen molar-refractivity contribution in [1.82, 2.24) is 19.7 Å². The Labute approximate surface area is 189 Å². The molecular formula is C20H24ClF2N5O2S. The number of nitrogens with zero attached hydrogens (tertiary/aromatic N) is 5. The Kier molecular flexibility index (Phi) is 7.93. The first-order valence-electron chi connectivity index (χ1n) is 9.96. The van der Waals surface area contributed by atoms with Crippen LogP contribution in [0.5, 0.6) is 0 Å². The zero-order chi connectivity index (χ0) is 21.1. The van der Waals surface area contributed by atoms with Crippen LogP contribution in [0.15, 0.2) is 24.4 Å². The number of aryl methyl sites for hydroxylation is 1. The van der Waals surface area contributed by atoms with Gasteiger partial charge < -0.3 is 4.74 Å². The summed E-state index contributed by atoms with van der Waals surface area (Å²) in [7, 11) is 0. The number of carbonyl (C=O) groups is 1. The van der Waals surface area contributed by atoms with Crippen LogP contribution < -0.4 is 4.90 Å². The molecule has 1 amide bonds. The van der Waals surface area contributed by atoms with E-state index in [1.54, 1.807) is 16.9 Å². The molecule has 168 valence electrons. The average Bonchev–Trinajstić information content (AvgIpc) is 3.39. The Bertz CT molecular complexity index is 1040. The first kappa shape index (κ1) is 23.5. The minimum absolute atomic E-state index is 0. The smallest absolute Gasteiger partial charge is 0.280 e. The molecule has 1 fully saturated rings. The number of ether oxygens (including phenoxy) is 1. The van der Waals surface area contributed by atoms with Crippen molar-refractivity contribution < 1.29 is 18.3 Å². The third-order valence-corrected chi connectivity index (χ3v) is 6.05. The third-order valence-electron chi connectivity index (χ3n) is 5.02. The van der Waals surface area contributed by atoms with Gasteiger partial charge in [-0.1, -0.05) is 11.3 Å². The van der Waals surface area contributed by atoms with Gasteiger partial charge in [-0.2, -0.15) is 5.10 Å². The van der Waals surface area contributed by atoms with E-state index in [-0.39, 0.29) is 23.8 Å². The average molecular weight is 472 g/mol. The van der Waals surface area contributed by atoms with Gasteiger partial charge in [0.1, 0.15) is 11.3 Å². The van der Waals surface area contributed by atoms with E-state index in [1.165, 1.54) is 11.0 Å². The molecule has 0 aliphatic carbocycles. The maximum atomic E-state index is 14.2. The summed E-state index contributed by atoms with van der Waals surface area (Å²) in [5.74, 6) is -1.70. The number of morpholine rings is 1. The fourth-order valence-corrected chi connectivity index (χ4v) is 4.44. The van der Waals surface area contributed by atoms with Crippen molar-refractivity contribution >= 4 is 45.0 Å². The van der Waals surface area contributed by atoms with Crippen molar-refractivity contribution in [3.8, 4) is 0 Å². The fraction of sp³-hybridized carbons (Fsp3) is 0.450. The highest BCUT2D eigenvalue weighted by Crippen LogP contribution is 2.32. The predicted molar refractivity (Wildman–Crippen MR) is 118 cm³/mol. The number of amides is 1. The van der Waals surface area contributed by atoms with E-state index in [0.29, 0.717) is 48.2 Å². The Morgan fingerprint density at radius 1 is 1.29 bits per heavy atom. The second-order valence-corrected chi connectivity index (χ2v) is 8.06. The van der Waals surface area contributed by atoms with Crippen LogP contribution in [-0.2, 0) is 11.3 Å². The molecule has 31 heavy (non-hydrogen) atoms. The van der Waals surface area contributed by atoms with Crippen molar-refractivity contribution in [1.29, 1.82) is 0 Å². The molecule has 0 spiro atoms. The lowest BCUT2D eigenvalue weighted by molar-refractivity contribution is 0.0376. The van der Waals surface area contributed by atoms with Gasteiger partial charge in [0.05, 0.1) is 17.9 Å². The van der Waals surface area contributed by atoms with Gasteiger partial charge in [0, 0.05) is 45.0 Å². The van der Waals surface area contributed by atoms with Crippen LogP contribution in [0, 0.1) is 11.6 Å². The largest absolute Gasteiger partial charge is 0.379 e. The van der Waals surface area contributed by atoms with Gasteiger partial charge in [-0.05, 0) is 25.5 Å². The Balaban J connectivity index is 0.00000272. The monoisotopic (exact) mass is 471 g/mol. The first-order chi connectivity index (χ1) is 14.5. The molecule has 0 unspecified atom stereocenters. The van der Waals surface area contributed by atoms with Gasteiger partial charge in [-0.3, -0.25) is 19.3 Å². The molecule has 11 heteroatoms. The van der Waals surface area contributed by atoms with Crippen molar-refractivity contribution in [2.75, 3.05) is 44.3 Å². The van der Waals surface area contributed by atoms with Crippen molar-refractivity contribution in [3.63, 3.8) is 0 Å². The maximum absolute atomic E-state index is 14.2. The molecule has 1 saturated heterocycles. The predicted octanol–water partition coefficient (Wildman–Crippen LogP) is 3.58. The number of halogens is 3. The number of thiazole rings is 1. The van der Waals surface area contributed by atoms with Crippen LogP contribution in [0.2, 0.25) is 0 Å². The van der Waals surface area contributed by atoms with Gasteiger partial charge in [0.15, 0.2) is 16.6 Å². The van der Waals surface area contributed by atoms with Gasteiger partial charge in [-0.25, -0.2) is 13.8 Å². The van der Waals surface area contributed by atoms with E-state index in [2.05, 4.69) is 15.0 Å². The second kappa shape index (κ2) is 10.4. The number of hydrogen-bond acceptors (Lipinski definition) is 6. The lowest BCUT2D eigenvalue weighted by Crippen LogP contribution is -2.39. The summed E-state index contributed by atoms with van der Waals surface area (Å²) in [4.78, 5) is 21.3. The van der Waals surface area contributed by atoms with Crippen LogP contribution in [0.1, 0.15) is 23.8 Å². The SMILES string of the molecule is CCn1ccc(C(=O)N(CCCN2CCOCC2)c2nc3c(F)cc(F)cc3s2)n1.Cl. The van der Waals surface area contributed by atoms with E-state index in [9.17, 15) is 13.6 Å². The Morgan fingerprint density at radius 2 is 2.06 bits per heavy atom. The molecule has 4 rings (SSSR count). The standard InChI is InChI=1S/C20H23F2N5O2S.ClH/c1-2-26-7-4-16(24-26)19(28)27(6-3-5-25-8-10-29-11-9-25)20-23-18-15(22)12-14(21)13-17(18)30-20;/h4,7,12-13H,2-3,5-6,8-11H2,1H3;1H. The van der Waals surface area contributed by atoms with Crippen molar-refractivity contribution in [2.45, 2.75) is 19.9 Å². The van der Waals surface area contributed by atoms with Crippen LogP contribution in [0.3, 0.4) is 0 Å². The highest BCUT2D eigenvalue weighted by molar-refractivity contribution is 7.22. The molecule has 1 aliphatic heterocycles. The zero-order valence-electron chi connectivity index (χ0n) is 17.1. The van der Waals surface area contributed by atoms with E-state index in [1.807, 2.05) is 6.92 Å². The van der Waals surface area contributed by atoms with Gasteiger partial charge >= 0.3 is 0 Å². The number of fused-ring (bicyclic) bond motifs is 1. The molecule has 0 atom stereocenters. The first-order valence-corrected chi connectivity index (χ1v) is 10.8. The molecule has 0 bridgehead atoms. The number of carbonyl (C=O) groups excluding carboxylic acids is 1. The summed E-state index contributed by atoms with van der Waals surface area (Å²) in [5, 5.41) is 4.64. The number of anilines is 1. The minimum Gasteiger partial charge on any atom is -0.379 e. The second-order valence-electron chi connectivity index (χ2n) is 7.05. The molecule has 2 aromatic heterocycles.